The predicted octanol–water partition coefficient (Wildman–Crippen LogP) is -0.691. The van der Waals surface area contributed by atoms with E-state index in [1.807, 2.05) is 0 Å². The number of hydrogen-bond acceptors (Lipinski definition) is 8. The molecular formula is C29H39N7O7. The lowest BCUT2D eigenvalue weighted by molar-refractivity contribution is -0.149. The first-order chi connectivity index (χ1) is 20.4. The molecule has 3 amide bonds. The maximum Gasteiger partial charge on any atom is 0.326 e. The molecule has 14 nitrogen and oxygen atoms in total. The first kappa shape index (κ1) is 32.7. The number of guanidine groups is 1. The Morgan fingerprint density at radius 1 is 0.884 bits per heavy atom. The molecule has 0 radical (unpaired) electrons. The van der Waals surface area contributed by atoms with Crippen LogP contribution in [0.25, 0.3) is 0 Å². The monoisotopic (exact) mass is 597 g/mol. The third-order valence-electron chi connectivity index (χ3n) is 7.13. The molecule has 0 spiro atoms. The molecule has 2 aromatic rings. The molecule has 1 aliphatic rings. The zero-order chi connectivity index (χ0) is 31.5. The number of aliphatic imine (C=N–C) groups is 1. The smallest absolute Gasteiger partial charge is 0.326 e. The fraction of sp³-hybridized carbons (Fsp3) is 0.414. The van der Waals surface area contributed by atoms with E-state index in [1.54, 1.807) is 24.3 Å². The van der Waals surface area contributed by atoms with Gasteiger partial charge in [0.05, 0.1) is 6.04 Å². The number of carboxylic acids is 1. The highest BCUT2D eigenvalue weighted by molar-refractivity contribution is 5.94. The lowest BCUT2D eigenvalue weighted by atomic mass is 10.0. The Labute approximate surface area is 248 Å². The highest BCUT2D eigenvalue weighted by Crippen LogP contribution is 2.21. The fourth-order valence-corrected chi connectivity index (χ4v) is 4.83. The van der Waals surface area contributed by atoms with Gasteiger partial charge in [-0.25, -0.2) is 4.79 Å². The molecule has 1 saturated heterocycles. The van der Waals surface area contributed by atoms with Crippen LogP contribution in [-0.2, 0) is 32.0 Å². The average Bonchev–Trinajstić information content (AvgIpc) is 3.47. The number of phenolic OH excluding ortho intramolecular Hbond substituents is 2. The van der Waals surface area contributed by atoms with Crippen molar-refractivity contribution in [2.45, 2.75) is 62.7 Å². The van der Waals surface area contributed by atoms with E-state index in [4.69, 9.17) is 17.2 Å². The van der Waals surface area contributed by atoms with Crippen LogP contribution in [0.4, 0.5) is 0 Å². The molecule has 0 saturated carbocycles. The van der Waals surface area contributed by atoms with Crippen molar-refractivity contribution in [2.75, 3.05) is 13.1 Å². The summed E-state index contributed by atoms with van der Waals surface area (Å²) in [4.78, 5) is 57.3. The molecule has 0 bridgehead atoms. The zero-order valence-corrected chi connectivity index (χ0v) is 23.7. The predicted molar refractivity (Wildman–Crippen MR) is 158 cm³/mol. The number of aromatic hydroxyl groups is 2. The van der Waals surface area contributed by atoms with Gasteiger partial charge in [0.1, 0.15) is 29.6 Å². The Kier molecular flexibility index (Phi) is 11.7. The Bertz CT molecular complexity index is 1300. The van der Waals surface area contributed by atoms with Crippen molar-refractivity contribution in [1.29, 1.82) is 0 Å². The van der Waals surface area contributed by atoms with Gasteiger partial charge in [-0.15, -0.1) is 0 Å². The van der Waals surface area contributed by atoms with Gasteiger partial charge < -0.3 is 48.1 Å². The third kappa shape index (κ3) is 9.88. The zero-order valence-electron chi connectivity index (χ0n) is 23.7. The Morgan fingerprint density at radius 3 is 1.95 bits per heavy atom. The van der Waals surface area contributed by atoms with Crippen molar-refractivity contribution >= 4 is 29.7 Å². The number of aliphatic carboxylic acids is 1. The van der Waals surface area contributed by atoms with E-state index >= 15 is 0 Å². The van der Waals surface area contributed by atoms with E-state index in [0.29, 0.717) is 30.4 Å². The largest absolute Gasteiger partial charge is 0.508 e. The summed E-state index contributed by atoms with van der Waals surface area (Å²) < 4.78 is 0. The molecule has 1 aliphatic heterocycles. The van der Waals surface area contributed by atoms with Gasteiger partial charge in [0, 0.05) is 25.9 Å². The average molecular weight is 598 g/mol. The van der Waals surface area contributed by atoms with E-state index in [1.165, 1.54) is 29.2 Å². The summed E-state index contributed by atoms with van der Waals surface area (Å²) in [6.07, 6.45) is 1.48. The minimum Gasteiger partial charge on any atom is -0.508 e. The van der Waals surface area contributed by atoms with Crippen LogP contribution in [-0.4, -0.2) is 87.1 Å². The van der Waals surface area contributed by atoms with Gasteiger partial charge in [-0.1, -0.05) is 24.3 Å². The summed E-state index contributed by atoms with van der Waals surface area (Å²) in [6.45, 7) is 0.496. The maximum absolute atomic E-state index is 13.7. The summed E-state index contributed by atoms with van der Waals surface area (Å²) in [5, 5.41) is 34.4. The number of amides is 3. The highest BCUT2D eigenvalue weighted by atomic mass is 16.4. The van der Waals surface area contributed by atoms with Crippen molar-refractivity contribution < 1.29 is 34.5 Å². The van der Waals surface area contributed by atoms with Crippen LogP contribution in [0, 0.1) is 0 Å². The quantitative estimate of drug-likeness (QED) is 0.0773. The van der Waals surface area contributed by atoms with Crippen molar-refractivity contribution in [1.82, 2.24) is 15.5 Å². The number of phenols is 2. The van der Waals surface area contributed by atoms with E-state index in [9.17, 15) is 34.5 Å². The Morgan fingerprint density at radius 2 is 1.42 bits per heavy atom. The van der Waals surface area contributed by atoms with Crippen molar-refractivity contribution in [3.05, 3.63) is 59.7 Å². The van der Waals surface area contributed by atoms with Gasteiger partial charge >= 0.3 is 5.97 Å². The third-order valence-corrected chi connectivity index (χ3v) is 7.13. The van der Waals surface area contributed by atoms with Crippen molar-refractivity contribution in [3.63, 3.8) is 0 Å². The molecule has 14 heteroatoms. The molecule has 11 N–H and O–H groups in total. The van der Waals surface area contributed by atoms with E-state index in [0.717, 1.165) is 0 Å². The minimum atomic E-state index is -1.16. The molecule has 0 aliphatic carbocycles. The van der Waals surface area contributed by atoms with Crippen molar-refractivity contribution in [3.8, 4) is 11.5 Å². The molecule has 1 fully saturated rings. The summed E-state index contributed by atoms with van der Waals surface area (Å²) in [5.74, 6) is -3.02. The first-order valence-electron chi connectivity index (χ1n) is 14.0. The van der Waals surface area contributed by atoms with Crippen LogP contribution in [0.2, 0.25) is 0 Å². The molecule has 232 valence electrons. The molecule has 1 heterocycles. The van der Waals surface area contributed by atoms with Crippen LogP contribution in [0.5, 0.6) is 11.5 Å². The van der Waals surface area contributed by atoms with Crippen LogP contribution in [0.1, 0.15) is 36.8 Å². The summed E-state index contributed by atoms with van der Waals surface area (Å²) >= 11 is 0. The topological polar surface area (TPSA) is 247 Å². The van der Waals surface area contributed by atoms with Gasteiger partial charge in [-0.2, -0.15) is 0 Å². The second-order valence-electron chi connectivity index (χ2n) is 10.4. The first-order valence-corrected chi connectivity index (χ1v) is 14.0. The number of likely N-dealkylation sites (tertiary alicyclic amines) is 1. The lowest BCUT2D eigenvalue weighted by Gasteiger charge is -2.29. The summed E-state index contributed by atoms with van der Waals surface area (Å²) in [6, 6.07) is 7.83. The van der Waals surface area contributed by atoms with Crippen LogP contribution < -0.4 is 27.8 Å². The van der Waals surface area contributed by atoms with E-state index < -0.39 is 47.9 Å². The van der Waals surface area contributed by atoms with Gasteiger partial charge in [-0.05, 0) is 61.1 Å². The number of hydrogen-bond donors (Lipinski definition) is 8. The van der Waals surface area contributed by atoms with Gasteiger partial charge in [0.2, 0.25) is 17.7 Å². The molecule has 4 atom stereocenters. The number of carbonyl (C=O) groups is 4. The van der Waals surface area contributed by atoms with Gasteiger partial charge in [0.25, 0.3) is 0 Å². The number of carboxylic acid groups (broad SMARTS) is 1. The van der Waals surface area contributed by atoms with Gasteiger partial charge in [-0.3, -0.25) is 19.4 Å². The number of carbonyl (C=O) groups excluding carboxylic acids is 3. The highest BCUT2D eigenvalue weighted by Gasteiger charge is 2.38. The molecule has 43 heavy (non-hydrogen) atoms. The standard InChI is InChI=1S/C29H39N7O7/c30-21(3-1-13-33-29(31)32)25(39)34-22(15-17-5-9-19(37)10-6-17)26(40)35-23(16-18-7-11-20(38)12-8-18)27(41)36-14-2-4-24(36)28(42)43/h5-12,21-24,37-38H,1-4,13-16,30H2,(H,34,39)(H,35,40)(H,42,43)(H4,31,32,33). The lowest BCUT2D eigenvalue weighted by Crippen LogP contribution is -2.58. The molecule has 3 rings (SSSR count). The normalized spacial score (nSPS) is 16.5. The molecular weight excluding hydrogens is 558 g/mol. The van der Waals surface area contributed by atoms with Gasteiger partial charge in [0.15, 0.2) is 5.96 Å². The number of rotatable bonds is 14. The van der Waals surface area contributed by atoms with Crippen LogP contribution >= 0.6 is 0 Å². The summed E-state index contributed by atoms with van der Waals surface area (Å²) in [5.41, 5.74) is 17.9. The van der Waals surface area contributed by atoms with E-state index in [2.05, 4.69) is 15.6 Å². The molecule has 2 aromatic carbocycles. The number of nitrogens with one attached hydrogen (secondary N) is 2. The van der Waals surface area contributed by atoms with E-state index in [-0.39, 0.29) is 49.8 Å². The van der Waals surface area contributed by atoms with Crippen molar-refractivity contribution in [2.24, 2.45) is 22.2 Å². The van der Waals surface area contributed by atoms with Crippen LogP contribution in [0.15, 0.2) is 53.5 Å². The second kappa shape index (κ2) is 15.4. The number of nitrogens with two attached hydrogens (primary N) is 3. The van der Waals surface area contributed by atoms with Crippen LogP contribution in [0.3, 0.4) is 0 Å². The maximum atomic E-state index is 13.7. The molecule has 4 unspecified atom stereocenters. The molecule has 0 aromatic heterocycles. The number of nitrogens with zero attached hydrogens (tertiary/aromatic N) is 2. The number of benzene rings is 2. The summed E-state index contributed by atoms with van der Waals surface area (Å²) in [7, 11) is 0. The fourth-order valence-electron chi connectivity index (χ4n) is 4.83. The Hall–Kier alpha value is -4.85. The minimum absolute atomic E-state index is 0.0118. The second-order valence-corrected chi connectivity index (χ2v) is 10.4. The Balaban J connectivity index is 1.83. The SMILES string of the molecule is NC(N)=NCCCC(N)C(=O)NC(Cc1ccc(O)cc1)C(=O)NC(Cc1ccc(O)cc1)C(=O)N1CCCC1C(=O)O.